The molecule has 0 fully saturated rings. The Morgan fingerprint density at radius 1 is 0.638 bits per heavy atom. The molecular weight excluding hydrogens is 624 g/mol. The van der Waals surface area contributed by atoms with Crippen LogP contribution in [0.5, 0.6) is 0 Å². The molecular formula is C28H40N8O11. The number of benzene rings is 1. The Hall–Kier alpha value is -5.59. The molecule has 1 rings (SSSR count). The van der Waals surface area contributed by atoms with Crippen LogP contribution in [0.15, 0.2) is 30.3 Å². The molecule has 19 heteroatoms. The van der Waals surface area contributed by atoms with Gasteiger partial charge in [-0.3, -0.25) is 38.4 Å². The summed E-state index contributed by atoms with van der Waals surface area (Å²) in [6.07, 6.45) is -2.19. The number of aliphatic carboxylic acids is 2. The molecule has 0 saturated carbocycles. The van der Waals surface area contributed by atoms with Gasteiger partial charge in [-0.15, -0.1) is 0 Å². The van der Waals surface area contributed by atoms with Crippen LogP contribution in [0, 0.1) is 0 Å². The van der Waals surface area contributed by atoms with Crippen LogP contribution in [-0.4, -0.2) is 99.8 Å². The lowest BCUT2D eigenvalue weighted by Crippen LogP contribution is -2.58. The third-order valence-corrected chi connectivity index (χ3v) is 6.48. The molecule has 13 N–H and O–H groups in total. The highest BCUT2D eigenvalue weighted by molar-refractivity contribution is 5.97. The van der Waals surface area contributed by atoms with E-state index >= 15 is 0 Å². The van der Waals surface area contributed by atoms with Crippen LogP contribution in [0.2, 0.25) is 0 Å². The third-order valence-electron chi connectivity index (χ3n) is 6.48. The lowest BCUT2D eigenvalue weighted by Gasteiger charge is -2.24. The van der Waals surface area contributed by atoms with Gasteiger partial charge in [0.2, 0.25) is 41.4 Å². The lowest BCUT2D eigenvalue weighted by molar-refractivity contribution is -0.143. The first-order valence-corrected chi connectivity index (χ1v) is 14.2. The number of nitrogens with two attached hydrogens (primary N) is 3. The van der Waals surface area contributed by atoms with Crippen LogP contribution in [-0.2, 0) is 49.6 Å². The minimum Gasteiger partial charge on any atom is -0.481 e. The van der Waals surface area contributed by atoms with Gasteiger partial charge in [0.05, 0.1) is 18.9 Å². The molecule has 7 amide bonds. The quantitative estimate of drug-likeness (QED) is 0.0633. The zero-order chi connectivity index (χ0) is 35.8. The number of hydrogen-bond acceptors (Lipinski definition) is 10. The Morgan fingerprint density at radius 3 is 1.64 bits per heavy atom. The molecule has 0 radical (unpaired) electrons. The fourth-order valence-electron chi connectivity index (χ4n) is 3.93. The third kappa shape index (κ3) is 14.8. The van der Waals surface area contributed by atoms with E-state index < -0.39 is 102 Å². The van der Waals surface area contributed by atoms with E-state index in [-0.39, 0.29) is 19.3 Å². The zero-order valence-electron chi connectivity index (χ0n) is 25.7. The molecule has 0 aliphatic heterocycles. The van der Waals surface area contributed by atoms with Crippen molar-refractivity contribution in [1.29, 1.82) is 0 Å². The van der Waals surface area contributed by atoms with Gasteiger partial charge in [0.1, 0.15) is 30.2 Å². The van der Waals surface area contributed by atoms with Gasteiger partial charge in [-0.1, -0.05) is 30.3 Å². The van der Waals surface area contributed by atoms with Gasteiger partial charge in [-0.05, 0) is 25.8 Å². The molecule has 6 atom stereocenters. The number of carboxylic acid groups (broad SMARTS) is 2. The summed E-state index contributed by atoms with van der Waals surface area (Å²) in [7, 11) is 0. The van der Waals surface area contributed by atoms with Crippen LogP contribution < -0.4 is 43.8 Å². The van der Waals surface area contributed by atoms with E-state index in [2.05, 4.69) is 26.6 Å². The Kier molecular flexibility index (Phi) is 16.0. The normalized spacial score (nSPS) is 14.4. The molecule has 0 bridgehead atoms. The molecule has 0 spiro atoms. The van der Waals surface area contributed by atoms with Crippen molar-refractivity contribution in [2.45, 2.75) is 82.2 Å². The van der Waals surface area contributed by atoms with E-state index in [1.165, 1.54) is 13.8 Å². The van der Waals surface area contributed by atoms with Crippen molar-refractivity contribution in [3.05, 3.63) is 35.9 Å². The van der Waals surface area contributed by atoms with Crippen molar-refractivity contribution < 1.29 is 53.4 Å². The maximum atomic E-state index is 13.0. The van der Waals surface area contributed by atoms with Crippen molar-refractivity contribution in [2.75, 3.05) is 0 Å². The fourth-order valence-corrected chi connectivity index (χ4v) is 3.93. The van der Waals surface area contributed by atoms with Gasteiger partial charge in [-0.2, -0.15) is 0 Å². The molecule has 258 valence electrons. The Bertz CT molecular complexity index is 1340. The first kappa shape index (κ1) is 39.4. The Balaban J connectivity index is 2.97. The first-order valence-electron chi connectivity index (χ1n) is 14.2. The highest BCUT2D eigenvalue weighted by atomic mass is 16.4. The Morgan fingerprint density at radius 2 is 1.13 bits per heavy atom. The number of carbonyl (C=O) groups is 9. The van der Waals surface area contributed by atoms with E-state index in [1.54, 1.807) is 30.3 Å². The van der Waals surface area contributed by atoms with Gasteiger partial charge in [0.15, 0.2) is 0 Å². The summed E-state index contributed by atoms with van der Waals surface area (Å²) in [5, 5.41) is 29.7. The topological polar surface area (TPSA) is 332 Å². The number of rotatable bonds is 20. The summed E-state index contributed by atoms with van der Waals surface area (Å²) in [6, 6.07) is -0.199. The van der Waals surface area contributed by atoms with Crippen LogP contribution >= 0.6 is 0 Å². The molecule has 1 aromatic rings. The van der Waals surface area contributed by atoms with Crippen LogP contribution in [0.3, 0.4) is 0 Å². The van der Waals surface area contributed by atoms with Crippen LogP contribution in [0.1, 0.15) is 45.1 Å². The van der Waals surface area contributed by atoms with Gasteiger partial charge < -0.3 is 54.0 Å². The molecule has 0 saturated heterocycles. The van der Waals surface area contributed by atoms with E-state index in [0.29, 0.717) is 5.56 Å². The zero-order valence-corrected chi connectivity index (χ0v) is 25.7. The Labute approximate surface area is 268 Å². The van der Waals surface area contributed by atoms with Gasteiger partial charge in [0, 0.05) is 12.8 Å². The van der Waals surface area contributed by atoms with Crippen molar-refractivity contribution >= 4 is 53.3 Å². The van der Waals surface area contributed by atoms with E-state index in [9.17, 15) is 48.3 Å². The highest BCUT2D eigenvalue weighted by Crippen LogP contribution is 2.06. The predicted octanol–water partition coefficient (Wildman–Crippen LogP) is -4.28. The number of carbonyl (C=O) groups excluding carboxylic acids is 7. The first-order chi connectivity index (χ1) is 21.9. The predicted molar refractivity (Wildman–Crippen MR) is 161 cm³/mol. The average molecular weight is 665 g/mol. The van der Waals surface area contributed by atoms with Crippen molar-refractivity contribution in [2.24, 2.45) is 17.2 Å². The number of amides is 7. The largest absolute Gasteiger partial charge is 0.481 e. The monoisotopic (exact) mass is 664 g/mol. The molecule has 19 nitrogen and oxygen atoms in total. The van der Waals surface area contributed by atoms with Gasteiger partial charge in [0.25, 0.3) is 0 Å². The maximum absolute atomic E-state index is 13.0. The summed E-state index contributed by atoms with van der Waals surface area (Å²) < 4.78 is 0. The van der Waals surface area contributed by atoms with Gasteiger partial charge >= 0.3 is 11.9 Å². The van der Waals surface area contributed by atoms with E-state index in [1.807, 2.05) is 0 Å². The van der Waals surface area contributed by atoms with Crippen molar-refractivity contribution in [1.82, 2.24) is 26.6 Å². The molecule has 47 heavy (non-hydrogen) atoms. The minimum absolute atomic E-state index is 0.0943. The van der Waals surface area contributed by atoms with Crippen molar-refractivity contribution in [3.8, 4) is 0 Å². The molecule has 0 aliphatic rings. The average Bonchev–Trinajstić information content (AvgIpc) is 2.97. The lowest BCUT2D eigenvalue weighted by atomic mass is 10.0. The summed E-state index contributed by atoms with van der Waals surface area (Å²) in [6.45, 7) is 2.52. The summed E-state index contributed by atoms with van der Waals surface area (Å²) in [4.78, 5) is 109. The summed E-state index contributed by atoms with van der Waals surface area (Å²) in [5.41, 5.74) is 16.3. The number of nitrogens with one attached hydrogen (secondary N) is 5. The minimum atomic E-state index is -1.67. The molecule has 0 unspecified atom stereocenters. The smallest absolute Gasteiger partial charge is 0.326 e. The maximum Gasteiger partial charge on any atom is 0.326 e. The highest BCUT2D eigenvalue weighted by Gasteiger charge is 2.31. The van der Waals surface area contributed by atoms with Crippen LogP contribution in [0.25, 0.3) is 0 Å². The standard InChI is InChI=1S/C28H40N8O11/c1-13(33-26(44)17(8-9-20(30)37)34-25(43)16(29)11-22(39)40)23(41)32-14(2)24(42)35-18(10-15-6-4-3-5-7-15)27(45)36-19(28(46)47)12-21(31)38/h3-7,13-14,16-19H,8-12,29H2,1-2H3,(H2,30,37)(H2,31,38)(H,32,41)(H,33,44)(H,34,43)(H,35,42)(H,36,45)(H,39,40)(H,46,47)/t13-,14-,16-,17-,18-,19-/m0/s1. The van der Waals surface area contributed by atoms with Crippen LogP contribution in [0.4, 0.5) is 0 Å². The number of hydrogen-bond donors (Lipinski definition) is 10. The van der Waals surface area contributed by atoms with E-state index in [4.69, 9.17) is 22.3 Å². The summed E-state index contributed by atoms with van der Waals surface area (Å²) >= 11 is 0. The number of primary amides is 2. The second kappa shape index (κ2) is 19.0. The molecule has 1 aromatic carbocycles. The number of carboxylic acids is 2. The molecule has 0 aliphatic carbocycles. The summed E-state index contributed by atoms with van der Waals surface area (Å²) in [5.74, 6) is -9.31. The molecule has 0 heterocycles. The SMILES string of the molecule is C[C@H](NC(=O)[C@H](C)NC(=O)[C@H](CCC(N)=O)NC(=O)[C@@H](N)CC(=O)O)C(=O)N[C@@H](Cc1ccccc1)C(=O)N[C@@H](CC(N)=O)C(=O)O. The fraction of sp³-hybridized carbons (Fsp3) is 0.464. The second-order valence-corrected chi connectivity index (χ2v) is 10.6. The van der Waals surface area contributed by atoms with E-state index in [0.717, 1.165) is 0 Å². The molecule has 0 aromatic heterocycles. The van der Waals surface area contributed by atoms with Crippen molar-refractivity contribution in [3.63, 3.8) is 0 Å². The van der Waals surface area contributed by atoms with Gasteiger partial charge in [-0.25, -0.2) is 4.79 Å². The second-order valence-electron chi connectivity index (χ2n) is 10.6.